The Morgan fingerprint density at radius 1 is 1.50 bits per heavy atom. The van der Waals surface area contributed by atoms with Crippen LogP contribution in [0.1, 0.15) is 20.3 Å². The number of carboxylic acids is 1. The first-order chi connectivity index (χ1) is 9.42. The van der Waals surface area contributed by atoms with E-state index in [1.807, 2.05) is 43.1 Å². The van der Waals surface area contributed by atoms with Crippen LogP contribution >= 0.6 is 0 Å². The highest BCUT2D eigenvalue weighted by molar-refractivity contribution is 5.78. The average molecular weight is 280 g/mol. The maximum absolute atomic E-state index is 11.4. The second-order valence-corrected chi connectivity index (χ2v) is 5.04. The van der Waals surface area contributed by atoms with E-state index in [0.29, 0.717) is 19.5 Å². The predicted molar refractivity (Wildman–Crippen MR) is 80.6 cm³/mol. The molecule has 112 valence electrons. The number of nitrogens with one attached hydrogen (secondary N) is 1. The molecular formula is C15H24N2O3. The minimum atomic E-state index is -0.901. The van der Waals surface area contributed by atoms with E-state index >= 15 is 0 Å². The molecule has 0 heterocycles. The van der Waals surface area contributed by atoms with Gasteiger partial charge in [-0.05, 0) is 32.0 Å². The van der Waals surface area contributed by atoms with Crippen molar-refractivity contribution in [2.24, 2.45) is 0 Å². The summed E-state index contributed by atoms with van der Waals surface area (Å²) < 4.78 is 5.19. The Hall–Kier alpha value is -1.75. The Morgan fingerprint density at radius 3 is 2.75 bits per heavy atom. The van der Waals surface area contributed by atoms with Crippen molar-refractivity contribution in [1.82, 2.24) is 5.32 Å². The largest absolute Gasteiger partial charge is 0.497 e. The third kappa shape index (κ3) is 4.13. The topological polar surface area (TPSA) is 61.8 Å². The Morgan fingerprint density at radius 2 is 2.20 bits per heavy atom. The van der Waals surface area contributed by atoms with Crippen LogP contribution in [-0.2, 0) is 4.79 Å². The van der Waals surface area contributed by atoms with Gasteiger partial charge in [0.25, 0.3) is 0 Å². The van der Waals surface area contributed by atoms with Crippen molar-refractivity contribution in [3.8, 4) is 5.75 Å². The van der Waals surface area contributed by atoms with E-state index < -0.39 is 11.5 Å². The summed E-state index contributed by atoms with van der Waals surface area (Å²) in [6.45, 7) is 4.90. The minimum Gasteiger partial charge on any atom is -0.497 e. The van der Waals surface area contributed by atoms with Crippen molar-refractivity contribution in [3.05, 3.63) is 24.3 Å². The van der Waals surface area contributed by atoms with Gasteiger partial charge in [-0.2, -0.15) is 0 Å². The van der Waals surface area contributed by atoms with Crippen molar-refractivity contribution < 1.29 is 14.6 Å². The van der Waals surface area contributed by atoms with Crippen LogP contribution in [0.3, 0.4) is 0 Å². The number of aliphatic carboxylic acids is 1. The van der Waals surface area contributed by atoms with Gasteiger partial charge in [-0.25, -0.2) is 0 Å². The highest BCUT2D eigenvalue weighted by Crippen LogP contribution is 2.21. The average Bonchev–Trinajstić information content (AvgIpc) is 2.45. The zero-order chi connectivity index (χ0) is 15.2. The van der Waals surface area contributed by atoms with Gasteiger partial charge in [0.05, 0.1) is 7.11 Å². The second kappa shape index (κ2) is 7.14. The molecule has 1 rings (SSSR count). The molecule has 0 aromatic heterocycles. The molecule has 2 N–H and O–H groups in total. The lowest BCUT2D eigenvalue weighted by Gasteiger charge is -2.29. The molecule has 5 nitrogen and oxygen atoms in total. The van der Waals surface area contributed by atoms with Crippen molar-refractivity contribution in [3.63, 3.8) is 0 Å². The molecule has 0 aliphatic carbocycles. The van der Waals surface area contributed by atoms with Gasteiger partial charge in [0.2, 0.25) is 0 Å². The van der Waals surface area contributed by atoms with Crippen LogP contribution in [0.25, 0.3) is 0 Å². The van der Waals surface area contributed by atoms with Crippen LogP contribution < -0.4 is 15.0 Å². The molecule has 0 amide bonds. The summed E-state index contributed by atoms with van der Waals surface area (Å²) in [6.07, 6.45) is 0.518. The van der Waals surface area contributed by atoms with E-state index in [-0.39, 0.29) is 0 Å². The lowest BCUT2D eigenvalue weighted by molar-refractivity contribution is -0.144. The molecule has 1 unspecified atom stereocenters. The molecule has 0 aliphatic heterocycles. The van der Waals surface area contributed by atoms with E-state index in [9.17, 15) is 9.90 Å². The quantitative estimate of drug-likeness (QED) is 0.762. The zero-order valence-electron chi connectivity index (χ0n) is 12.6. The fourth-order valence-electron chi connectivity index (χ4n) is 2.03. The first-order valence-corrected chi connectivity index (χ1v) is 6.76. The van der Waals surface area contributed by atoms with Crippen LogP contribution in [-0.4, -0.2) is 43.9 Å². The standard InChI is InChI=1S/C15H24N2O3/c1-5-16-15(2,14(18)19)9-10-17(3)12-7-6-8-13(11-12)20-4/h6-8,11,16H,5,9-10H2,1-4H3,(H,18,19). The van der Waals surface area contributed by atoms with Crippen LogP contribution in [0, 0.1) is 0 Å². The van der Waals surface area contributed by atoms with Gasteiger partial charge < -0.3 is 20.1 Å². The molecule has 5 heteroatoms. The number of likely N-dealkylation sites (N-methyl/N-ethyl adjacent to an activating group) is 1. The summed E-state index contributed by atoms with van der Waals surface area (Å²) in [5.74, 6) is -0.0274. The third-order valence-corrected chi connectivity index (χ3v) is 3.48. The number of anilines is 1. The molecule has 0 saturated carbocycles. The SMILES string of the molecule is CCNC(C)(CCN(C)c1cccc(OC)c1)C(=O)O. The number of nitrogens with zero attached hydrogens (tertiary/aromatic N) is 1. The van der Waals surface area contributed by atoms with Gasteiger partial charge >= 0.3 is 5.97 Å². The monoisotopic (exact) mass is 280 g/mol. The molecule has 0 aliphatic rings. The number of hydrogen-bond acceptors (Lipinski definition) is 4. The number of ether oxygens (including phenoxy) is 1. The van der Waals surface area contributed by atoms with Crippen molar-refractivity contribution in [1.29, 1.82) is 0 Å². The first-order valence-electron chi connectivity index (χ1n) is 6.76. The summed E-state index contributed by atoms with van der Waals surface area (Å²) in [5, 5.41) is 12.4. The zero-order valence-corrected chi connectivity index (χ0v) is 12.6. The Bertz CT molecular complexity index is 450. The number of carboxylic acid groups (broad SMARTS) is 1. The molecule has 0 fully saturated rings. The lowest BCUT2D eigenvalue weighted by Crippen LogP contribution is -2.51. The van der Waals surface area contributed by atoms with Gasteiger partial charge in [-0.1, -0.05) is 13.0 Å². The van der Waals surface area contributed by atoms with E-state index in [1.165, 1.54) is 0 Å². The van der Waals surface area contributed by atoms with Gasteiger partial charge in [0.1, 0.15) is 11.3 Å². The Kier molecular flexibility index (Phi) is 5.82. The second-order valence-electron chi connectivity index (χ2n) is 5.04. The summed E-state index contributed by atoms with van der Waals surface area (Å²) in [7, 11) is 3.58. The number of rotatable bonds is 8. The van der Waals surface area contributed by atoms with Gasteiger partial charge in [0, 0.05) is 25.3 Å². The maximum Gasteiger partial charge on any atom is 0.323 e. The Balaban J connectivity index is 2.69. The highest BCUT2D eigenvalue weighted by atomic mass is 16.5. The molecular weight excluding hydrogens is 256 g/mol. The predicted octanol–water partition coefficient (Wildman–Crippen LogP) is 1.97. The van der Waals surface area contributed by atoms with Crippen LogP contribution in [0.2, 0.25) is 0 Å². The smallest absolute Gasteiger partial charge is 0.323 e. The summed E-state index contributed by atoms with van der Waals surface area (Å²) >= 11 is 0. The number of benzene rings is 1. The first kappa shape index (κ1) is 16.3. The minimum absolute atomic E-state index is 0.518. The molecule has 0 radical (unpaired) electrons. The molecule has 0 spiro atoms. The van der Waals surface area contributed by atoms with Gasteiger partial charge in [0.15, 0.2) is 0 Å². The van der Waals surface area contributed by atoms with E-state index in [1.54, 1.807) is 14.0 Å². The summed E-state index contributed by atoms with van der Waals surface area (Å²) in [5.41, 5.74) is 0.107. The number of carbonyl (C=O) groups is 1. The van der Waals surface area contributed by atoms with Crippen LogP contribution in [0.5, 0.6) is 5.75 Å². The third-order valence-electron chi connectivity index (χ3n) is 3.48. The van der Waals surface area contributed by atoms with Gasteiger partial charge in [-0.15, -0.1) is 0 Å². The van der Waals surface area contributed by atoms with E-state index in [4.69, 9.17) is 4.74 Å². The molecule has 1 atom stereocenters. The van der Waals surface area contributed by atoms with Crippen molar-refractivity contribution >= 4 is 11.7 Å². The normalized spacial score (nSPS) is 13.6. The van der Waals surface area contributed by atoms with Crippen molar-refractivity contribution in [2.45, 2.75) is 25.8 Å². The molecule has 20 heavy (non-hydrogen) atoms. The highest BCUT2D eigenvalue weighted by Gasteiger charge is 2.31. The summed E-state index contributed by atoms with van der Waals surface area (Å²) in [4.78, 5) is 13.4. The maximum atomic E-state index is 11.4. The molecule has 1 aromatic carbocycles. The van der Waals surface area contributed by atoms with Gasteiger partial charge in [-0.3, -0.25) is 4.79 Å². The Labute approximate surface area is 120 Å². The number of methoxy groups -OCH3 is 1. The molecule has 0 bridgehead atoms. The van der Waals surface area contributed by atoms with E-state index in [2.05, 4.69) is 5.32 Å². The fraction of sp³-hybridized carbons (Fsp3) is 0.533. The van der Waals surface area contributed by atoms with Crippen LogP contribution in [0.15, 0.2) is 24.3 Å². The summed E-state index contributed by atoms with van der Waals surface area (Å²) in [6, 6.07) is 7.72. The molecule has 1 aromatic rings. The molecule has 0 saturated heterocycles. The van der Waals surface area contributed by atoms with Crippen molar-refractivity contribution in [2.75, 3.05) is 32.1 Å². The number of hydrogen-bond donors (Lipinski definition) is 2. The van der Waals surface area contributed by atoms with E-state index in [0.717, 1.165) is 11.4 Å². The fourth-order valence-corrected chi connectivity index (χ4v) is 2.03. The lowest BCUT2D eigenvalue weighted by atomic mass is 9.97. The van der Waals surface area contributed by atoms with Crippen LogP contribution in [0.4, 0.5) is 5.69 Å².